The summed E-state index contributed by atoms with van der Waals surface area (Å²) in [5, 5.41) is 0. The molecule has 0 saturated heterocycles. The molecule has 0 aliphatic carbocycles. The van der Waals surface area contributed by atoms with Crippen molar-refractivity contribution < 1.29 is 14.3 Å². The van der Waals surface area contributed by atoms with Gasteiger partial charge in [0.2, 0.25) is 0 Å². The van der Waals surface area contributed by atoms with Gasteiger partial charge < -0.3 is 4.74 Å². The molecule has 0 spiro atoms. The molecule has 0 bridgehead atoms. The Hall–Kier alpha value is -1.29. The van der Waals surface area contributed by atoms with Gasteiger partial charge in [-0.15, -0.1) is 11.8 Å². The van der Waals surface area contributed by atoms with Gasteiger partial charge in [0.1, 0.15) is 0 Å². The number of ether oxygens (including phenoxy) is 1. The lowest BCUT2D eigenvalue weighted by atomic mass is 10.1. The Bertz CT molecular complexity index is 388. The fourth-order valence-corrected chi connectivity index (χ4v) is 1.72. The molecule has 1 aromatic carbocycles. The average Bonchev–Trinajstić information content (AvgIpc) is 2.35. The molecule has 0 aliphatic rings. The highest BCUT2D eigenvalue weighted by Gasteiger charge is 2.09. The van der Waals surface area contributed by atoms with Crippen molar-refractivity contribution in [1.29, 1.82) is 0 Å². The van der Waals surface area contributed by atoms with Crippen LogP contribution in [0.15, 0.2) is 29.2 Å². The number of esters is 1. The van der Waals surface area contributed by atoms with Gasteiger partial charge in [0.05, 0.1) is 13.5 Å². The van der Waals surface area contributed by atoms with Crippen LogP contribution in [0.4, 0.5) is 0 Å². The highest BCUT2D eigenvalue weighted by Crippen LogP contribution is 2.17. The van der Waals surface area contributed by atoms with Crippen LogP contribution in [0, 0.1) is 0 Å². The lowest BCUT2D eigenvalue weighted by Crippen LogP contribution is -2.05. The zero-order valence-corrected chi connectivity index (χ0v) is 10.2. The molecule has 16 heavy (non-hydrogen) atoms. The van der Waals surface area contributed by atoms with Crippen molar-refractivity contribution in [3.63, 3.8) is 0 Å². The summed E-state index contributed by atoms with van der Waals surface area (Å²) < 4.78 is 4.49. The third kappa shape index (κ3) is 3.70. The lowest BCUT2D eigenvalue weighted by Gasteiger charge is -2.02. The molecule has 86 valence electrons. The Kier molecular flexibility index (Phi) is 5.05. The Morgan fingerprint density at radius 1 is 1.31 bits per heavy atom. The molecule has 0 aliphatic heterocycles. The first kappa shape index (κ1) is 12.8. The maximum atomic E-state index is 11.7. The van der Waals surface area contributed by atoms with Crippen molar-refractivity contribution in [2.45, 2.75) is 17.7 Å². The van der Waals surface area contributed by atoms with E-state index in [9.17, 15) is 9.59 Å². The largest absolute Gasteiger partial charge is 0.469 e. The van der Waals surface area contributed by atoms with Crippen molar-refractivity contribution in [2.24, 2.45) is 0 Å². The minimum Gasteiger partial charge on any atom is -0.469 e. The molecular weight excluding hydrogens is 224 g/mol. The summed E-state index contributed by atoms with van der Waals surface area (Å²) in [5.74, 6) is -0.379. The van der Waals surface area contributed by atoms with Gasteiger partial charge in [0.15, 0.2) is 5.78 Å². The number of Topliss-reactive ketones (excluding diaryl/α,β-unsaturated/α-hetero) is 1. The van der Waals surface area contributed by atoms with Crippen LogP contribution in [0.1, 0.15) is 23.2 Å². The highest BCUT2D eigenvalue weighted by molar-refractivity contribution is 7.98. The van der Waals surface area contributed by atoms with Gasteiger partial charge in [-0.25, -0.2) is 0 Å². The average molecular weight is 238 g/mol. The Balaban J connectivity index is 2.62. The van der Waals surface area contributed by atoms with Crippen LogP contribution < -0.4 is 0 Å². The van der Waals surface area contributed by atoms with Crippen LogP contribution in [0.2, 0.25) is 0 Å². The maximum Gasteiger partial charge on any atom is 0.305 e. The van der Waals surface area contributed by atoms with Gasteiger partial charge >= 0.3 is 5.97 Å². The second-order valence-electron chi connectivity index (χ2n) is 3.23. The van der Waals surface area contributed by atoms with Gasteiger partial charge in [-0.3, -0.25) is 9.59 Å². The normalized spacial score (nSPS) is 9.88. The van der Waals surface area contributed by atoms with Gasteiger partial charge in [-0.1, -0.05) is 12.1 Å². The molecule has 0 atom stereocenters. The van der Waals surface area contributed by atoms with Crippen molar-refractivity contribution in [2.75, 3.05) is 13.4 Å². The molecule has 0 radical (unpaired) electrons. The van der Waals surface area contributed by atoms with Crippen LogP contribution in [-0.4, -0.2) is 25.1 Å². The molecule has 1 rings (SSSR count). The molecule has 4 heteroatoms. The van der Waals surface area contributed by atoms with Crippen LogP contribution in [0.5, 0.6) is 0 Å². The zero-order valence-electron chi connectivity index (χ0n) is 9.36. The molecule has 0 amide bonds. The third-order valence-corrected chi connectivity index (χ3v) is 2.90. The van der Waals surface area contributed by atoms with E-state index in [1.807, 2.05) is 24.5 Å². The number of thioether (sulfide) groups is 1. The van der Waals surface area contributed by atoms with E-state index in [1.165, 1.54) is 7.11 Å². The zero-order chi connectivity index (χ0) is 12.0. The standard InChI is InChI=1S/C12H14O3S/c1-15-12(14)7-6-11(13)9-4-3-5-10(8-9)16-2/h3-5,8H,6-7H2,1-2H3. The number of ketones is 1. The number of hydrogen-bond acceptors (Lipinski definition) is 4. The number of benzene rings is 1. The predicted molar refractivity (Wildman–Crippen MR) is 63.8 cm³/mol. The van der Waals surface area contributed by atoms with E-state index < -0.39 is 0 Å². The number of carbonyl (C=O) groups excluding carboxylic acids is 2. The monoisotopic (exact) mass is 238 g/mol. The number of methoxy groups -OCH3 is 1. The lowest BCUT2D eigenvalue weighted by molar-refractivity contribution is -0.140. The first-order valence-corrected chi connectivity index (χ1v) is 6.14. The van der Waals surface area contributed by atoms with E-state index >= 15 is 0 Å². The van der Waals surface area contributed by atoms with E-state index in [0.29, 0.717) is 5.56 Å². The number of carbonyl (C=O) groups is 2. The Labute approximate surface area is 99.2 Å². The molecule has 0 unspecified atom stereocenters. The van der Waals surface area contributed by atoms with E-state index in [4.69, 9.17) is 0 Å². The van der Waals surface area contributed by atoms with E-state index in [2.05, 4.69) is 4.74 Å². The summed E-state index contributed by atoms with van der Waals surface area (Å²) in [6.07, 6.45) is 2.29. The molecule has 3 nitrogen and oxygen atoms in total. The first-order chi connectivity index (χ1) is 7.67. The van der Waals surface area contributed by atoms with Crippen LogP contribution in [0.25, 0.3) is 0 Å². The van der Waals surface area contributed by atoms with Crippen molar-refractivity contribution >= 4 is 23.5 Å². The summed E-state index contributed by atoms with van der Waals surface area (Å²) in [4.78, 5) is 23.7. The second-order valence-corrected chi connectivity index (χ2v) is 4.11. The molecule has 1 aromatic rings. The topological polar surface area (TPSA) is 43.4 Å². The van der Waals surface area contributed by atoms with E-state index in [0.717, 1.165) is 4.90 Å². The smallest absolute Gasteiger partial charge is 0.305 e. The predicted octanol–water partition coefficient (Wildman–Crippen LogP) is 2.54. The van der Waals surface area contributed by atoms with Crippen LogP contribution >= 0.6 is 11.8 Å². The fourth-order valence-electron chi connectivity index (χ4n) is 1.26. The molecule has 0 aromatic heterocycles. The van der Waals surface area contributed by atoms with Crippen molar-refractivity contribution in [1.82, 2.24) is 0 Å². The molecular formula is C12H14O3S. The summed E-state index contributed by atoms with van der Waals surface area (Å²) in [6.45, 7) is 0. The molecule has 0 heterocycles. The van der Waals surface area contributed by atoms with Gasteiger partial charge in [0.25, 0.3) is 0 Å². The number of hydrogen-bond donors (Lipinski definition) is 0. The Morgan fingerprint density at radius 3 is 2.69 bits per heavy atom. The van der Waals surface area contributed by atoms with Crippen molar-refractivity contribution in [3.05, 3.63) is 29.8 Å². The molecule has 0 fully saturated rings. The third-order valence-electron chi connectivity index (χ3n) is 2.18. The van der Waals surface area contributed by atoms with Crippen LogP contribution in [-0.2, 0) is 9.53 Å². The van der Waals surface area contributed by atoms with Gasteiger partial charge in [-0.2, -0.15) is 0 Å². The maximum absolute atomic E-state index is 11.7. The second kappa shape index (κ2) is 6.33. The summed E-state index contributed by atoms with van der Waals surface area (Å²) in [5.41, 5.74) is 0.649. The van der Waals surface area contributed by atoms with Gasteiger partial charge in [0, 0.05) is 16.9 Å². The summed E-state index contributed by atoms with van der Waals surface area (Å²) in [7, 11) is 1.32. The Morgan fingerprint density at radius 2 is 2.06 bits per heavy atom. The minimum absolute atomic E-state index is 0.0266. The summed E-state index contributed by atoms with van der Waals surface area (Å²) >= 11 is 1.59. The minimum atomic E-state index is -0.352. The molecule has 0 saturated carbocycles. The fraction of sp³-hybridized carbons (Fsp3) is 0.333. The number of rotatable bonds is 5. The molecule has 0 N–H and O–H groups in total. The van der Waals surface area contributed by atoms with Gasteiger partial charge in [-0.05, 0) is 18.4 Å². The quantitative estimate of drug-likeness (QED) is 0.449. The summed E-state index contributed by atoms with van der Waals surface area (Å²) in [6, 6.07) is 7.39. The van der Waals surface area contributed by atoms with E-state index in [-0.39, 0.29) is 24.6 Å². The van der Waals surface area contributed by atoms with Crippen LogP contribution in [0.3, 0.4) is 0 Å². The first-order valence-electron chi connectivity index (χ1n) is 4.91. The van der Waals surface area contributed by atoms with Crippen molar-refractivity contribution in [3.8, 4) is 0 Å². The highest BCUT2D eigenvalue weighted by atomic mass is 32.2. The SMILES string of the molecule is COC(=O)CCC(=O)c1cccc(SC)c1. The van der Waals surface area contributed by atoms with E-state index in [1.54, 1.807) is 17.8 Å².